The van der Waals surface area contributed by atoms with E-state index in [1.165, 1.54) is 6.20 Å². The fourth-order valence-corrected chi connectivity index (χ4v) is 2.90. The molecule has 2 saturated heterocycles. The second-order valence-corrected chi connectivity index (χ2v) is 6.14. The molecule has 1 unspecified atom stereocenters. The Morgan fingerprint density at radius 3 is 2.72 bits per heavy atom. The zero-order valence-electron chi connectivity index (χ0n) is 14.6. The number of piperidine rings is 1. The number of hydrogen-bond donors (Lipinski definition) is 2. The van der Waals surface area contributed by atoms with Crippen molar-refractivity contribution in [3.05, 3.63) is 11.8 Å². The Kier molecular flexibility index (Phi) is 7.54. The van der Waals surface area contributed by atoms with Crippen LogP contribution in [0.4, 0.5) is 4.79 Å². The largest absolute Gasteiger partial charge is 0.450 e. The van der Waals surface area contributed by atoms with Crippen LogP contribution in [0.3, 0.4) is 0 Å². The van der Waals surface area contributed by atoms with E-state index in [9.17, 15) is 14.9 Å². The normalized spacial score (nSPS) is 21.5. The van der Waals surface area contributed by atoms with Gasteiger partial charge in [-0.05, 0) is 32.6 Å². The van der Waals surface area contributed by atoms with Gasteiger partial charge in [-0.3, -0.25) is 4.79 Å². The molecule has 2 aliphatic heterocycles. The molecule has 2 amide bonds. The van der Waals surface area contributed by atoms with Gasteiger partial charge in [-0.1, -0.05) is 0 Å². The number of hydrogen-bond acceptors (Lipinski definition) is 6. The second-order valence-electron chi connectivity index (χ2n) is 6.14. The molecule has 138 valence electrons. The van der Waals surface area contributed by atoms with Gasteiger partial charge in [0.2, 0.25) is 0 Å². The predicted octanol–water partition coefficient (Wildman–Crippen LogP) is 0.900. The fourth-order valence-electron chi connectivity index (χ4n) is 2.90. The molecule has 1 atom stereocenters. The van der Waals surface area contributed by atoms with E-state index in [0.717, 1.165) is 32.3 Å². The average Bonchev–Trinajstić information content (AvgIpc) is 3.14. The molecule has 2 heterocycles. The van der Waals surface area contributed by atoms with E-state index in [4.69, 9.17) is 9.47 Å². The first-order chi connectivity index (χ1) is 12.1. The van der Waals surface area contributed by atoms with Gasteiger partial charge < -0.3 is 25.0 Å². The topological polar surface area (TPSA) is 104 Å². The number of nitrogens with zero attached hydrogens (tertiary/aromatic N) is 2. The highest BCUT2D eigenvalue weighted by atomic mass is 16.6. The molecule has 0 aromatic rings. The SMILES string of the molecule is CCOC(=O)N1CCC(N/C=C(/C#N)C(=O)NCC2CCCO2)CC1. The molecule has 0 saturated carbocycles. The Balaban J connectivity index is 1.74. The van der Waals surface area contributed by atoms with Gasteiger partial charge in [0.05, 0.1) is 12.7 Å². The quantitative estimate of drug-likeness (QED) is 0.545. The zero-order valence-corrected chi connectivity index (χ0v) is 14.6. The summed E-state index contributed by atoms with van der Waals surface area (Å²) < 4.78 is 10.4. The molecule has 2 fully saturated rings. The first kappa shape index (κ1) is 19.1. The molecule has 0 spiro atoms. The van der Waals surface area contributed by atoms with Crippen molar-refractivity contribution in [2.75, 3.05) is 32.8 Å². The van der Waals surface area contributed by atoms with Crippen LogP contribution in [0.2, 0.25) is 0 Å². The number of carbonyl (C=O) groups is 2. The number of amides is 2. The van der Waals surface area contributed by atoms with E-state index in [2.05, 4.69) is 10.6 Å². The summed E-state index contributed by atoms with van der Waals surface area (Å²) in [4.78, 5) is 25.4. The molecule has 0 bridgehead atoms. The Labute approximate surface area is 148 Å². The lowest BCUT2D eigenvalue weighted by atomic mass is 10.1. The van der Waals surface area contributed by atoms with Gasteiger partial charge in [0.25, 0.3) is 5.91 Å². The summed E-state index contributed by atoms with van der Waals surface area (Å²) in [7, 11) is 0. The van der Waals surface area contributed by atoms with E-state index in [1.54, 1.807) is 11.8 Å². The number of nitriles is 1. The van der Waals surface area contributed by atoms with Crippen molar-refractivity contribution >= 4 is 12.0 Å². The van der Waals surface area contributed by atoms with Crippen molar-refractivity contribution < 1.29 is 19.1 Å². The lowest BCUT2D eigenvalue weighted by molar-refractivity contribution is -0.117. The minimum atomic E-state index is -0.394. The molecule has 0 aliphatic carbocycles. The maximum absolute atomic E-state index is 12.1. The highest BCUT2D eigenvalue weighted by molar-refractivity contribution is 5.97. The molecule has 0 aromatic heterocycles. The third kappa shape index (κ3) is 5.94. The molecule has 8 nitrogen and oxygen atoms in total. The fraction of sp³-hybridized carbons (Fsp3) is 0.706. The van der Waals surface area contributed by atoms with Gasteiger partial charge in [-0.2, -0.15) is 5.26 Å². The van der Waals surface area contributed by atoms with Crippen molar-refractivity contribution in [3.63, 3.8) is 0 Å². The summed E-state index contributed by atoms with van der Waals surface area (Å²) in [6.45, 7) is 4.49. The summed E-state index contributed by atoms with van der Waals surface area (Å²) in [6.07, 6.45) is 4.65. The molecule has 0 aromatic carbocycles. The third-order valence-electron chi connectivity index (χ3n) is 4.36. The first-order valence-corrected chi connectivity index (χ1v) is 8.81. The molecule has 2 N–H and O–H groups in total. The maximum Gasteiger partial charge on any atom is 0.409 e. The molecule has 2 rings (SSSR count). The van der Waals surface area contributed by atoms with Crippen LogP contribution in [0.15, 0.2) is 11.8 Å². The van der Waals surface area contributed by atoms with Crippen LogP contribution in [0.5, 0.6) is 0 Å². The van der Waals surface area contributed by atoms with Crippen LogP contribution in [-0.2, 0) is 14.3 Å². The molecule has 8 heteroatoms. The van der Waals surface area contributed by atoms with Gasteiger partial charge in [0, 0.05) is 38.5 Å². The van der Waals surface area contributed by atoms with Gasteiger partial charge in [0.15, 0.2) is 0 Å². The van der Waals surface area contributed by atoms with Crippen LogP contribution in [0, 0.1) is 11.3 Å². The third-order valence-corrected chi connectivity index (χ3v) is 4.36. The number of nitrogens with one attached hydrogen (secondary N) is 2. The van der Waals surface area contributed by atoms with Crippen LogP contribution in [0.1, 0.15) is 32.6 Å². The van der Waals surface area contributed by atoms with Crippen molar-refractivity contribution in [1.29, 1.82) is 5.26 Å². The Bertz CT molecular complexity index is 529. The van der Waals surface area contributed by atoms with Crippen LogP contribution in [-0.4, -0.2) is 61.9 Å². The molecule has 2 aliphatic rings. The van der Waals surface area contributed by atoms with E-state index in [0.29, 0.717) is 26.2 Å². The number of ether oxygens (including phenoxy) is 2. The smallest absolute Gasteiger partial charge is 0.409 e. The van der Waals surface area contributed by atoms with Crippen LogP contribution >= 0.6 is 0 Å². The second kappa shape index (κ2) is 9.89. The number of carbonyl (C=O) groups excluding carboxylic acids is 2. The molecule has 0 radical (unpaired) electrons. The van der Waals surface area contributed by atoms with Gasteiger partial charge in [-0.25, -0.2) is 4.79 Å². The monoisotopic (exact) mass is 350 g/mol. The summed E-state index contributed by atoms with van der Waals surface area (Å²) in [5.74, 6) is -0.394. The number of rotatable bonds is 6. The van der Waals surface area contributed by atoms with E-state index < -0.39 is 5.91 Å². The lowest BCUT2D eigenvalue weighted by Crippen LogP contribution is -2.44. The van der Waals surface area contributed by atoms with Gasteiger partial charge in [-0.15, -0.1) is 0 Å². The Hall–Kier alpha value is -2.27. The van der Waals surface area contributed by atoms with Crippen molar-refractivity contribution in [1.82, 2.24) is 15.5 Å². The predicted molar refractivity (Wildman–Crippen MR) is 90.4 cm³/mol. The van der Waals surface area contributed by atoms with E-state index in [1.807, 2.05) is 6.07 Å². The number of likely N-dealkylation sites (tertiary alicyclic amines) is 1. The maximum atomic E-state index is 12.1. The van der Waals surface area contributed by atoms with Gasteiger partial charge in [0.1, 0.15) is 11.6 Å². The highest BCUT2D eigenvalue weighted by Gasteiger charge is 2.23. The zero-order chi connectivity index (χ0) is 18.1. The summed E-state index contributed by atoms with van der Waals surface area (Å²) >= 11 is 0. The summed E-state index contributed by atoms with van der Waals surface area (Å²) in [5.41, 5.74) is 0.0471. The highest BCUT2D eigenvalue weighted by Crippen LogP contribution is 2.12. The standard InChI is InChI=1S/C17H26N4O4/c1-2-24-17(23)21-7-5-14(6-8-21)19-11-13(10-18)16(22)20-12-15-4-3-9-25-15/h11,14-15,19H,2-9,12H2,1H3,(H,20,22)/b13-11-. The lowest BCUT2D eigenvalue weighted by Gasteiger charge is -2.31. The van der Waals surface area contributed by atoms with Gasteiger partial charge >= 0.3 is 6.09 Å². The summed E-state index contributed by atoms with van der Waals surface area (Å²) in [6, 6.07) is 2.05. The molecule has 25 heavy (non-hydrogen) atoms. The van der Waals surface area contributed by atoms with E-state index in [-0.39, 0.29) is 23.8 Å². The van der Waals surface area contributed by atoms with Crippen molar-refractivity contribution in [2.45, 2.75) is 44.8 Å². The van der Waals surface area contributed by atoms with E-state index >= 15 is 0 Å². The minimum absolute atomic E-state index is 0.0454. The first-order valence-electron chi connectivity index (χ1n) is 8.81. The Morgan fingerprint density at radius 1 is 1.36 bits per heavy atom. The summed E-state index contributed by atoms with van der Waals surface area (Å²) in [5, 5.41) is 15.0. The molecular weight excluding hydrogens is 324 g/mol. The minimum Gasteiger partial charge on any atom is -0.450 e. The van der Waals surface area contributed by atoms with Crippen molar-refractivity contribution in [3.8, 4) is 6.07 Å². The molecular formula is C17H26N4O4. The van der Waals surface area contributed by atoms with Crippen LogP contribution in [0.25, 0.3) is 0 Å². The Morgan fingerprint density at radius 2 is 2.12 bits per heavy atom. The van der Waals surface area contributed by atoms with Crippen molar-refractivity contribution in [2.24, 2.45) is 0 Å². The van der Waals surface area contributed by atoms with Crippen LogP contribution < -0.4 is 10.6 Å². The average molecular weight is 350 g/mol.